The van der Waals surface area contributed by atoms with Crippen LogP contribution in [0.1, 0.15) is 0 Å². The average Bonchev–Trinajstić information content (AvgIpc) is 1.00. The van der Waals surface area contributed by atoms with Crippen molar-refractivity contribution in [2.24, 2.45) is 0 Å². The van der Waals surface area contributed by atoms with Gasteiger partial charge >= 0.3 is 83.2 Å². The Morgan fingerprint density at radius 2 is 1.20 bits per heavy atom. The van der Waals surface area contributed by atoms with E-state index in [-0.39, 0.29) is 101 Å². The van der Waals surface area contributed by atoms with Gasteiger partial charge in [-0.3, -0.25) is 0 Å². The first-order valence-electron chi connectivity index (χ1n) is 0.289. The van der Waals surface area contributed by atoms with Gasteiger partial charge in [0.25, 0.3) is 0 Å². The van der Waals surface area contributed by atoms with Gasteiger partial charge in [-0.05, 0) is 0 Å². The van der Waals surface area contributed by atoms with E-state index in [1.54, 1.807) is 0 Å². The molecule has 26 valence electrons. The maximum absolute atomic E-state index is 8.28. The van der Waals surface area contributed by atoms with E-state index in [9.17, 15) is 0 Å². The van der Waals surface area contributed by atoms with Crippen molar-refractivity contribution in [3.8, 4) is 0 Å². The fourth-order valence-electron chi connectivity index (χ4n) is 0. The average molecular weight is 208 g/mol. The van der Waals surface area contributed by atoms with Gasteiger partial charge in [0, 0.05) is 0 Å². The van der Waals surface area contributed by atoms with E-state index in [2.05, 4.69) is 0 Å². The van der Waals surface area contributed by atoms with Crippen LogP contribution in [0.4, 0.5) is 0 Å². The molecule has 0 saturated carbocycles. The van der Waals surface area contributed by atoms with E-state index >= 15 is 0 Å². The topological polar surface area (TPSA) is 17.1 Å². The van der Waals surface area contributed by atoms with Crippen molar-refractivity contribution in [1.29, 1.82) is 0 Å². The molecule has 0 aromatic carbocycles. The Labute approximate surface area is 112 Å². The summed E-state index contributed by atoms with van der Waals surface area (Å²) in [6.07, 6.45) is 0. The molecule has 0 saturated heterocycles. The number of hydrogen-bond donors (Lipinski definition) is 0. The Morgan fingerprint density at radius 3 is 1.20 bits per heavy atom. The fourth-order valence-corrected chi connectivity index (χ4v) is 0. The molecule has 5 heteroatoms. The molecule has 0 bridgehead atoms. The molecule has 0 N–H and O–H groups in total. The molecule has 0 rings (SSSR count). The van der Waals surface area contributed by atoms with E-state index in [0.29, 0.717) is 10.1 Å². The van der Waals surface area contributed by atoms with Crippen molar-refractivity contribution in [2.75, 3.05) is 0 Å². The van der Waals surface area contributed by atoms with Crippen LogP contribution in [-0.4, -0.2) is 111 Å². The molecule has 0 aromatic rings. The van der Waals surface area contributed by atoms with Crippen LogP contribution in [0.25, 0.3) is 0 Å². The molecular weight excluding hydrogens is 199 g/mol. The maximum atomic E-state index is 8.28. The molecule has 0 unspecified atom stereocenters. The van der Waals surface area contributed by atoms with Gasteiger partial charge in [-0.15, -0.1) is 0 Å². The van der Waals surface area contributed by atoms with Crippen LogP contribution in [0.3, 0.4) is 0 Å². The van der Waals surface area contributed by atoms with E-state index in [1.165, 1.54) is 0 Å². The second-order valence-electron chi connectivity index (χ2n) is 0. The predicted octanol–water partition coefficient (Wildman–Crippen LogP) is -4.05. The zero-order chi connectivity index (χ0) is 2.00. The zero-order valence-corrected chi connectivity index (χ0v) is 2.53. The predicted molar refractivity (Wildman–Crippen MR) is 36.3 cm³/mol. The normalized spacial score (nSPS) is 0.800. The van der Waals surface area contributed by atoms with Gasteiger partial charge in [-0.1, -0.05) is 0 Å². The van der Waals surface area contributed by atoms with Crippen molar-refractivity contribution in [1.82, 2.24) is 0 Å². The molecule has 0 aliphatic heterocycles. The Hall–Kier alpha value is 3.29. The molecule has 5 heavy (non-hydrogen) atoms. The summed E-state index contributed by atoms with van der Waals surface area (Å²) < 4.78 is 8.28. The molecule has 0 radical (unpaired) electrons. The monoisotopic (exact) mass is 208 g/mol. The number of rotatable bonds is 0. The second kappa shape index (κ2) is 26.6. The third-order valence-corrected chi connectivity index (χ3v) is 0. The van der Waals surface area contributed by atoms with Gasteiger partial charge in [0.1, 0.15) is 0 Å². The Bertz CT molecular complexity index is 11.6. The first-order chi connectivity index (χ1) is 1.00. The van der Waals surface area contributed by atoms with Crippen molar-refractivity contribution >= 4 is 111 Å². The summed E-state index contributed by atoms with van der Waals surface area (Å²) in [5.41, 5.74) is 0. The van der Waals surface area contributed by atoms with E-state index in [0.717, 1.165) is 0 Å². The molecular formula is H9AlCaOSiSr. The summed E-state index contributed by atoms with van der Waals surface area (Å²) in [4.78, 5) is 0. The van der Waals surface area contributed by atoms with Crippen LogP contribution in [0.5, 0.6) is 0 Å². The van der Waals surface area contributed by atoms with Crippen LogP contribution < -0.4 is 0 Å². The summed E-state index contributed by atoms with van der Waals surface area (Å²) in [6.45, 7) is 0. The standard InChI is InChI=1S/Al.Ca.H2OSi.Sr.7H/c;;1-2;;;;;;;;/h;;2H2;;;;;;;;. The van der Waals surface area contributed by atoms with Gasteiger partial charge in [0.15, 0.2) is 17.4 Å². The summed E-state index contributed by atoms with van der Waals surface area (Å²) in [6, 6.07) is 0. The van der Waals surface area contributed by atoms with Crippen molar-refractivity contribution in [3.05, 3.63) is 0 Å². The van der Waals surface area contributed by atoms with Crippen LogP contribution in [0.15, 0.2) is 0 Å². The van der Waals surface area contributed by atoms with Crippen molar-refractivity contribution in [2.45, 2.75) is 0 Å². The molecule has 0 spiro atoms. The number of hydrogen-bond acceptors (Lipinski definition) is 1. The third-order valence-electron chi connectivity index (χ3n) is 0. The minimum absolute atomic E-state index is 0. The van der Waals surface area contributed by atoms with Gasteiger partial charge in [-0.2, -0.15) is 0 Å². The van der Waals surface area contributed by atoms with Crippen molar-refractivity contribution in [3.63, 3.8) is 0 Å². The Kier molecular flexibility index (Phi) is 128. The van der Waals surface area contributed by atoms with Gasteiger partial charge in [0.2, 0.25) is 10.1 Å². The quantitative estimate of drug-likeness (QED) is 0.370. The molecule has 0 aromatic heterocycles. The van der Waals surface area contributed by atoms with Crippen LogP contribution in [-0.2, 0) is 4.46 Å². The molecule has 0 fully saturated rings. The van der Waals surface area contributed by atoms with Gasteiger partial charge in [0.05, 0.1) is 0 Å². The Balaban J connectivity index is -0.00000000167. The zero-order valence-electron chi connectivity index (χ0n) is 1.12. The second-order valence-corrected chi connectivity index (χ2v) is 0. The molecule has 0 heterocycles. The molecule has 0 amide bonds. The van der Waals surface area contributed by atoms with Crippen molar-refractivity contribution < 1.29 is 4.46 Å². The molecule has 0 aliphatic carbocycles. The fraction of sp³-hybridized carbons (Fsp3) is 0. The summed E-state index contributed by atoms with van der Waals surface area (Å²) >= 11 is 0. The van der Waals surface area contributed by atoms with E-state index in [1.807, 2.05) is 0 Å². The SMILES string of the molecule is O=[SiH2].[AlH3].[CaH2].[SrH2]. The Morgan fingerprint density at radius 1 is 1.20 bits per heavy atom. The minimum atomic E-state index is 0. The molecule has 0 atom stereocenters. The molecule has 0 aliphatic rings. The first kappa shape index (κ1) is 23.9. The third kappa shape index (κ3) is 18.8. The van der Waals surface area contributed by atoms with Crippen LogP contribution in [0, 0.1) is 0 Å². The van der Waals surface area contributed by atoms with Crippen LogP contribution in [0.2, 0.25) is 0 Å². The van der Waals surface area contributed by atoms with E-state index in [4.69, 9.17) is 4.46 Å². The van der Waals surface area contributed by atoms with Gasteiger partial charge in [-0.25, -0.2) is 0 Å². The van der Waals surface area contributed by atoms with E-state index < -0.39 is 0 Å². The molecule has 1 nitrogen and oxygen atoms in total. The summed E-state index contributed by atoms with van der Waals surface area (Å²) in [5, 5.41) is 0. The summed E-state index contributed by atoms with van der Waals surface area (Å²) in [5.74, 6) is 0. The van der Waals surface area contributed by atoms with Gasteiger partial charge < -0.3 is 4.46 Å². The first-order valence-corrected chi connectivity index (χ1v) is 0.866. The van der Waals surface area contributed by atoms with Crippen LogP contribution >= 0.6 is 0 Å². The summed E-state index contributed by atoms with van der Waals surface area (Å²) in [7, 11) is 0.611.